The van der Waals surface area contributed by atoms with E-state index >= 15 is 0 Å². The summed E-state index contributed by atoms with van der Waals surface area (Å²) in [6, 6.07) is 6.99. The Bertz CT molecular complexity index is 948. The molecule has 29 heavy (non-hydrogen) atoms. The number of hydrogen-bond acceptors (Lipinski definition) is 4. The Kier molecular flexibility index (Phi) is 6.02. The van der Waals surface area contributed by atoms with Crippen molar-refractivity contribution in [1.29, 1.82) is 0 Å². The van der Waals surface area contributed by atoms with Gasteiger partial charge in [0.05, 0.1) is 25.3 Å². The van der Waals surface area contributed by atoms with Crippen LogP contribution in [0.4, 0.5) is 18.0 Å². The fraction of sp³-hybridized carbons (Fsp3) is 0.316. The van der Waals surface area contributed by atoms with Crippen molar-refractivity contribution in [3.8, 4) is 0 Å². The monoisotopic (exact) mass is 409 g/mol. The molecule has 0 aliphatic carbocycles. The van der Waals surface area contributed by atoms with Crippen LogP contribution in [0.5, 0.6) is 0 Å². The van der Waals surface area contributed by atoms with E-state index < -0.39 is 29.2 Å². The first-order valence-electron chi connectivity index (χ1n) is 8.79. The Morgan fingerprint density at radius 2 is 1.69 bits per heavy atom. The highest BCUT2D eigenvalue weighted by molar-refractivity contribution is 6.04. The zero-order valence-corrected chi connectivity index (χ0v) is 15.2. The van der Waals surface area contributed by atoms with Crippen LogP contribution in [0.15, 0.2) is 47.4 Å². The number of hydrogen-bond donors (Lipinski definition) is 1. The first-order valence-corrected chi connectivity index (χ1v) is 8.79. The number of ether oxygens (including phenoxy) is 1. The molecule has 0 atom stereocenters. The molecule has 3 amide bonds. The largest absolute Gasteiger partial charge is 0.417 e. The Morgan fingerprint density at radius 1 is 1.03 bits per heavy atom. The second kappa shape index (κ2) is 8.48. The maximum atomic E-state index is 12.8. The summed E-state index contributed by atoms with van der Waals surface area (Å²) in [7, 11) is 0. The third-order valence-electron chi connectivity index (χ3n) is 4.40. The van der Waals surface area contributed by atoms with Gasteiger partial charge in [0.15, 0.2) is 0 Å². The van der Waals surface area contributed by atoms with E-state index in [0.717, 1.165) is 22.9 Å². The molecule has 0 spiro atoms. The number of amides is 3. The molecule has 0 unspecified atom stereocenters. The minimum Gasteiger partial charge on any atom is -0.378 e. The molecule has 10 heteroatoms. The van der Waals surface area contributed by atoms with Crippen LogP contribution in [0.25, 0.3) is 0 Å². The van der Waals surface area contributed by atoms with Crippen LogP contribution in [0.2, 0.25) is 0 Å². The Balaban J connectivity index is 1.66. The van der Waals surface area contributed by atoms with E-state index in [1.54, 1.807) is 0 Å². The van der Waals surface area contributed by atoms with Gasteiger partial charge < -0.3 is 14.2 Å². The van der Waals surface area contributed by atoms with Gasteiger partial charge in [-0.3, -0.25) is 14.9 Å². The predicted octanol–water partition coefficient (Wildman–Crippen LogP) is 2.10. The van der Waals surface area contributed by atoms with E-state index in [0.29, 0.717) is 31.9 Å². The first-order chi connectivity index (χ1) is 13.7. The molecule has 3 rings (SSSR count). The van der Waals surface area contributed by atoms with Crippen LogP contribution in [0.1, 0.15) is 21.5 Å². The summed E-state index contributed by atoms with van der Waals surface area (Å²) in [6.07, 6.45) is -3.80. The van der Waals surface area contributed by atoms with Crippen LogP contribution in [0, 0.1) is 0 Å². The number of nitrogens with one attached hydrogen (secondary N) is 1. The molecular weight excluding hydrogens is 391 g/mol. The smallest absolute Gasteiger partial charge is 0.378 e. The Labute approximate surface area is 163 Å². The van der Waals surface area contributed by atoms with E-state index in [4.69, 9.17) is 4.74 Å². The summed E-state index contributed by atoms with van der Waals surface area (Å²) < 4.78 is 44.6. The van der Waals surface area contributed by atoms with Crippen molar-refractivity contribution in [1.82, 2.24) is 14.8 Å². The Hall–Kier alpha value is -3.14. The molecule has 1 aliphatic heterocycles. The molecule has 0 radical (unpaired) electrons. The van der Waals surface area contributed by atoms with Crippen molar-refractivity contribution in [3.05, 3.63) is 69.6 Å². The third kappa shape index (κ3) is 5.23. The number of pyridine rings is 1. The SMILES string of the molecule is O=C(NC(=O)N1CCOCC1)c1ccc(Cn2cc(C(F)(F)F)ccc2=O)cc1. The number of halogens is 3. The molecule has 2 aromatic rings. The van der Waals surface area contributed by atoms with Crippen molar-refractivity contribution >= 4 is 11.9 Å². The standard InChI is InChI=1S/C19H18F3N3O4/c20-19(21,22)15-5-6-16(26)25(12-15)11-13-1-3-14(4-2-13)17(27)23-18(28)24-7-9-29-10-8-24/h1-6,12H,7-11H2,(H,23,27,28). The lowest BCUT2D eigenvalue weighted by atomic mass is 10.1. The average molecular weight is 409 g/mol. The fourth-order valence-corrected chi connectivity index (χ4v) is 2.80. The minimum atomic E-state index is -4.55. The van der Waals surface area contributed by atoms with Crippen molar-refractivity contribution < 1.29 is 27.5 Å². The van der Waals surface area contributed by atoms with E-state index in [2.05, 4.69) is 5.32 Å². The number of imide groups is 1. The summed E-state index contributed by atoms with van der Waals surface area (Å²) in [5, 5.41) is 2.28. The third-order valence-corrected chi connectivity index (χ3v) is 4.40. The molecule has 1 fully saturated rings. The van der Waals surface area contributed by atoms with Crippen molar-refractivity contribution in [2.24, 2.45) is 0 Å². The van der Waals surface area contributed by atoms with Crippen molar-refractivity contribution in [2.45, 2.75) is 12.7 Å². The number of carbonyl (C=O) groups excluding carboxylic acids is 2. The molecule has 2 heterocycles. The lowest BCUT2D eigenvalue weighted by Gasteiger charge is -2.26. The highest BCUT2D eigenvalue weighted by Gasteiger charge is 2.31. The lowest BCUT2D eigenvalue weighted by molar-refractivity contribution is -0.138. The van der Waals surface area contributed by atoms with E-state index in [1.165, 1.54) is 29.2 Å². The van der Waals surface area contributed by atoms with Gasteiger partial charge in [-0.2, -0.15) is 13.2 Å². The zero-order valence-electron chi connectivity index (χ0n) is 15.2. The molecular formula is C19H18F3N3O4. The number of nitrogens with zero attached hydrogens (tertiary/aromatic N) is 2. The van der Waals surface area contributed by atoms with Gasteiger partial charge in [0, 0.05) is 30.9 Å². The highest BCUT2D eigenvalue weighted by atomic mass is 19.4. The maximum absolute atomic E-state index is 12.8. The zero-order chi connectivity index (χ0) is 21.0. The maximum Gasteiger partial charge on any atom is 0.417 e. The number of urea groups is 1. The summed E-state index contributed by atoms with van der Waals surface area (Å²) in [5.41, 5.74) is -0.750. The normalized spacial score (nSPS) is 14.5. The lowest BCUT2D eigenvalue weighted by Crippen LogP contribution is -2.47. The average Bonchev–Trinajstić information content (AvgIpc) is 2.70. The number of aromatic nitrogens is 1. The minimum absolute atomic E-state index is 0.0860. The summed E-state index contributed by atoms with van der Waals surface area (Å²) >= 11 is 0. The van der Waals surface area contributed by atoms with Gasteiger partial charge in [-0.15, -0.1) is 0 Å². The second-order valence-corrected chi connectivity index (χ2v) is 6.44. The summed E-state index contributed by atoms with van der Waals surface area (Å²) in [4.78, 5) is 37.6. The molecule has 1 saturated heterocycles. The van der Waals surface area contributed by atoms with Gasteiger partial charge in [-0.25, -0.2) is 4.79 Å². The van der Waals surface area contributed by atoms with Crippen LogP contribution in [-0.2, 0) is 17.5 Å². The summed E-state index contributed by atoms with van der Waals surface area (Å²) in [6.45, 7) is 1.52. The van der Waals surface area contributed by atoms with Gasteiger partial charge in [0.25, 0.3) is 11.5 Å². The number of morpholine rings is 1. The Morgan fingerprint density at radius 3 is 2.31 bits per heavy atom. The second-order valence-electron chi connectivity index (χ2n) is 6.44. The van der Waals surface area contributed by atoms with E-state index in [-0.39, 0.29) is 12.1 Å². The fourth-order valence-electron chi connectivity index (χ4n) is 2.80. The van der Waals surface area contributed by atoms with Crippen molar-refractivity contribution in [3.63, 3.8) is 0 Å². The van der Waals surface area contributed by atoms with Crippen LogP contribution in [-0.4, -0.2) is 47.7 Å². The topological polar surface area (TPSA) is 80.6 Å². The number of alkyl halides is 3. The summed E-state index contributed by atoms with van der Waals surface area (Å²) in [5.74, 6) is -0.593. The molecule has 1 aromatic carbocycles. The highest BCUT2D eigenvalue weighted by Crippen LogP contribution is 2.28. The van der Waals surface area contributed by atoms with E-state index in [1.807, 2.05) is 0 Å². The number of rotatable bonds is 3. The van der Waals surface area contributed by atoms with Crippen LogP contribution < -0.4 is 10.9 Å². The molecule has 1 aromatic heterocycles. The first kappa shape index (κ1) is 20.6. The van der Waals surface area contributed by atoms with Gasteiger partial charge in [-0.1, -0.05) is 12.1 Å². The number of carbonyl (C=O) groups is 2. The molecule has 7 nitrogen and oxygen atoms in total. The van der Waals surface area contributed by atoms with Gasteiger partial charge in [-0.05, 0) is 23.8 Å². The molecule has 1 N–H and O–H groups in total. The van der Waals surface area contributed by atoms with Gasteiger partial charge in [0.1, 0.15) is 0 Å². The van der Waals surface area contributed by atoms with Gasteiger partial charge >= 0.3 is 12.2 Å². The molecule has 0 bridgehead atoms. The molecule has 154 valence electrons. The quantitative estimate of drug-likeness (QED) is 0.842. The molecule has 0 saturated carbocycles. The molecule has 1 aliphatic rings. The van der Waals surface area contributed by atoms with Gasteiger partial charge in [0.2, 0.25) is 0 Å². The van der Waals surface area contributed by atoms with Crippen LogP contribution in [0.3, 0.4) is 0 Å². The van der Waals surface area contributed by atoms with Crippen LogP contribution >= 0.6 is 0 Å². The number of benzene rings is 1. The van der Waals surface area contributed by atoms with Crippen molar-refractivity contribution in [2.75, 3.05) is 26.3 Å². The predicted molar refractivity (Wildman–Crippen MR) is 96.5 cm³/mol. The van der Waals surface area contributed by atoms with E-state index in [9.17, 15) is 27.6 Å².